The van der Waals surface area contributed by atoms with Crippen LogP contribution < -0.4 is 15.6 Å². The molecule has 3 aliphatic rings. The summed E-state index contributed by atoms with van der Waals surface area (Å²) in [6.45, 7) is 3.01. The van der Waals surface area contributed by atoms with E-state index in [1.54, 1.807) is 17.7 Å². The molecule has 5 nitrogen and oxygen atoms in total. The molecule has 0 amide bonds. The van der Waals surface area contributed by atoms with Crippen LogP contribution in [-0.4, -0.2) is 41.8 Å². The van der Waals surface area contributed by atoms with Crippen LogP contribution in [0.15, 0.2) is 89.7 Å². The van der Waals surface area contributed by atoms with Gasteiger partial charge in [0.2, 0.25) is 0 Å². The Morgan fingerprint density at radius 2 is 1.57 bits per heavy atom. The van der Waals surface area contributed by atoms with E-state index in [0.717, 1.165) is 35.3 Å². The van der Waals surface area contributed by atoms with E-state index < -0.39 is 0 Å². The van der Waals surface area contributed by atoms with Gasteiger partial charge in [0.1, 0.15) is 5.75 Å². The minimum atomic E-state index is 0.00240. The van der Waals surface area contributed by atoms with Gasteiger partial charge in [-0.2, -0.15) is 0 Å². The zero-order valence-electron chi connectivity index (χ0n) is 21.6. The van der Waals surface area contributed by atoms with Crippen molar-refractivity contribution in [2.24, 2.45) is 13.0 Å². The molecule has 2 unspecified atom stereocenters. The molecule has 4 aromatic rings. The first-order chi connectivity index (χ1) is 18.1. The number of methoxy groups -OCH3 is 1. The van der Waals surface area contributed by atoms with Crippen molar-refractivity contribution >= 4 is 10.9 Å². The summed E-state index contributed by atoms with van der Waals surface area (Å²) >= 11 is 0. The predicted octanol–water partition coefficient (Wildman–Crippen LogP) is 4.93. The maximum atomic E-state index is 12.3. The molecule has 0 aliphatic carbocycles. The maximum absolute atomic E-state index is 12.3. The molecule has 3 saturated heterocycles. The normalized spacial score (nSPS) is 23.0. The van der Waals surface area contributed by atoms with E-state index >= 15 is 0 Å². The number of aryl methyl sites for hydroxylation is 1. The Morgan fingerprint density at radius 3 is 2.19 bits per heavy atom. The number of aromatic nitrogens is 1. The molecular weight excluding hydrogens is 458 g/mol. The molecule has 5 heteroatoms. The molecule has 0 saturated carbocycles. The van der Waals surface area contributed by atoms with Gasteiger partial charge in [-0.25, -0.2) is 0 Å². The van der Waals surface area contributed by atoms with E-state index in [1.165, 1.54) is 24.0 Å². The van der Waals surface area contributed by atoms with Gasteiger partial charge in [-0.05, 0) is 61.2 Å². The fourth-order valence-electron chi connectivity index (χ4n) is 6.69. The van der Waals surface area contributed by atoms with Gasteiger partial charge in [0.05, 0.1) is 12.6 Å². The standard InChI is InChI=1S/C32H35N3O2/c1-34-27-19-26(28(37-2)20-25(27)13-14-29(34)36)21-33-31-24-15-17-35(18-16-24)32(31)30(22-9-5-3-6-10-22)23-11-7-4-8-12-23/h3-14,19-20,24,30-33H,15-18,21H2,1-2H3. The number of hydrogen-bond acceptors (Lipinski definition) is 4. The number of pyridine rings is 1. The summed E-state index contributed by atoms with van der Waals surface area (Å²) in [5.41, 5.74) is 4.76. The molecule has 1 N–H and O–H groups in total. The van der Waals surface area contributed by atoms with E-state index in [4.69, 9.17) is 4.74 Å². The summed E-state index contributed by atoms with van der Waals surface area (Å²) in [7, 11) is 3.56. The van der Waals surface area contributed by atoms with Crippen LogP contribution in [0.2, 0.25) is 0 Å². The summed E-state index contributed by atoms with van der Waals surface area (Å²) in [5.74, 6) is 1.79. The third-order valence-electron chi connectivity index (χ3n) is 8.59. The second-order valence-corrected chi connectivity index (χ2v) is 10.5. The maximum Gasteiger partial charge on any atom is 0.250 e. The number of fused-ring (bicyclic) bond motifs is 4. The lowest BCUT2D eigenvalue weighted by Gasteiger charge is -2.54. The number of benzene rings is 3. The van der Waals surface area contributed by atoms with Gasteiger partial charge in [0, 0.05) is 48.6 Å². The third-order valence-corrected chi connectivity index (χ3v) is 8.59. The van der Waals surface area contributed by atoms with E-state index in [2.05, 4.69) is 83.0 Å². The van der Waals surface area contributed by atoms with Gasteiger partial charge in [0.25, 0.3) is 5.56 Å². The second-order valence-electron chi connectivity index (χ2n) is 10.5. The first-order valence-corrected chi connectivity index (χ1v) is 13.4. The van der Waals surface area contributed by atoms with Crippen molar-refractivity contribution in [1.29, 1.82) is 0 Å². The summed E-state index contributed by atoms with van der Waals surface area (Å²) in [4.78, 5) is 15.0. The van der Waals surface area contributed by atoms with Gasteiger partial charge in [0.15, 0.2) is 0 Å². The molecule has 3 aliphatic heterocycles. The van der Waals surface area contributed by atoms with Crippen molar-refractivity contribution in [3.63, 3.8) is 0 Å². The number of rotatable bonds is 7. The summed E-state index contributed by atoms with van der Waals surface area (Å²) in [5, 5.41) is 5.01. The van der Waals surface area contributed by atoms with E-state index in [1.807, 2.05) is 13.1 Å². The average Bonchev–Trinajstić information content (AvgIpc) is 2.96. The third kappa shape index (κ3) is 4.47. The topological polar surface area (TPSA) is 46.5 Å². The lowest BCUT2D eigenvalue weighted by molar-refractivity contribution is 0.00462. The van der Waals surface area contributed by atoms with Gasteiger partial charge in [-0.3, -0.25) is 9.69 Å². The molecule has 1 aromatic heterocycles. The molecule has 3 fully saturated rings. The summed E-state index contributed by atoms with van der Waals surface area (Å²) in [6.07, 6.45) is 2.46. The smallest absolute Gasteiger partial charge is 0.250 e. The lowest BCUT2D eigenvalue weighted by Crippen LogP contribution is -2.64. The zero-order valence-corrected chi connectivity index (χ0v) is 21.6. The Bertz CT molecular complexity index is 1390. The van der Waals surface area contributed by atoms with Crippen LogP contribution in [0.1, 0.15) is 35.4 Å². The van der Waals surface area contributed by atoms with Gasteiger partial charge in [-0.15, -0.1) is 0 Å². The Balaban J connectivity index is 1.37. The fourth-order valence-corrected chi connectivity index (χ4v) is 6.69. The number of nitrogens with zero attached hydrogens (tertiary/aromatic N) is 2. The number of piperidine rings is 3. The Kier molecular flexibility index (Phi) is 6.58. The Morgan fingerprint density at radius 1 is 0.919 bits per heavy atom. The van der Waals surface area contributed by atoms with Gasteiger partial charge in [-0.1, -0.05) is 60.7 Å². The molecule has 4 heterocycles. The molecule has 190 valence electrons. The van der Waals surface area contributed by atoms with Crippen molar-refractivity contribution < 1.29 is 4.74 Å². The van der Waals surface area contributed by atoms with E-state index in [-0.39, 0.29) is 5.56 Å². The van der Waals surface area contributed by atoms with Crippen molar-refractivity contribution in [1.82, 2.24) is 14.8 Å². The quantitative estimate of drug-likeness (QED) is 0.397. The summed E-state index contributed by atoms with van der Waals surface area (Å²) < 4.78 is 7.52. The van der Waals surface area contributed by atoms with Crippen LogP contribution in [0.5, 0.6) is 5.75 Å². The Labute approximate surface area is 218 Å². The van der Waals surface area contributed by atoms with Crippen molar-refractivity contribution in [3.05, 3.63) is 112 Å². The average molecular weight is 494 g/mol. The minimum absolute atomic E-state index is 0.00240. The monoisotopic (exact) mass is 493 g/mol. The highest BCUT2D eigenvalue weighted by Crippen LogP contribution is 2.42. The van der Waals surface area contributed by atoms with Crippen LogP contribution >= 0.6 is 0 Å². The second kappa shape index (κ2) is 10.2. The summed E-state index contributed by atoms with van der Waals surface area (Å²) in [6, 6.07) is 30.4. The zero-order chi connectivity index (χ0) is 25.4. The predicted molar refractivity (Wildman–Crippen MR) is 149 cm³/mol. The fraction of sp³-hybridized carbons (Fsp3) is 0.344. The molecular formula is C32H35N3O2. The molecule has 37 heavy (non-hydrogen) atoms. The highest BCUT2D eigenvalue weighted by atomic mass is 16.5. The first-order valence-electron chi connectivity index (χ1n) is 13.4. The largest absolute Gasteiger partial charge is 0.496 e. The highest BCUT2D eigenvalue weighted by Gasteiger charge is 2.46. The van der Waals surface area contributed by atoms with Gasteiger partial charge < -0.3 is 14.6 Å². The lowest BCUT2D eigenvalue weighted by atomic mass is 9.70. The van der Waals surface area contributed by atoms with Crippen LogP contribution in [0.25, 0.3) is 10.9 Å². The number of ether oxygens (including phenoxy) is 1. The van der Waals surface area contributed by atoms with E-state index in [9.17, 15) is 4.79 Å². The van der Waals surface area contributed by atoms with Crippen molar-refractivity contribution in [3.8, 4) is 5.75 Å². The van der Waals surface area contributed by atoms with Crippen LogP contribution in [-0.2, 0) is 13.6 Å². The van der Waals surface area contributed by atoms with E-state index in [0.29, 0.717) is 30.5 Å². The Hall–Kier alpha value is -3.41. The van der Waals surface area contributed by atoms with Crippen LogP contribution in [0, 0.1) is 5.92 Å². The molecule has 7 rings (SSSR count). The minimum Gasteiger partial charge on any atom is -0.496 e. The molecule has 3 aromatic carbocycles. The van der Waals surface area contributed by atoms with Crippen LogP contribution in [0.4, 0.5) is 0 Å². The SMILES string of the molecule is COc1cc2ccc(=O)n(C)c2cc1CNC1C2CCN(CC2)C1C(c1ccccc1)c1ccccc1. The van der Waals surface area contributed by atoms with Gasteiger partial charge >= 0.3 is 0 Å². The molecule has 2 bridgehead atoms. The molecule has 0 radical (unpaired) electrons. The highest BCUT2D eigenvalue weighted by molar-refractivity contribution is 5.81. The molecule has 0 spiro atoms. The number of nitrogens with one attached hydrogen (secondary N) is 1. The number of hydrogen-bond donors (Lipinski definition) is 1. The van der Waals surface area contributed by atoms with Crippen molar-refractivity contribution in [2.75, 3.05) is 20.2 Å². The first kappa shape index (κ1) is 24.0. The van der Waals surface area contributed by atoms with Crippen LogP contribution in [0.3, 0.4) is 0 Å². The molecule has 2 atom stereocenters. The van der Waals surface area contributed by atoms with Crippen molar-refractivity contribution in [2.45, 2.75) is 37.4 Å².